The summed E-state index contributed by atoms with van der Waals surface area (Å²) in [4.78, 5) is 28.2. The van der Waals surface area contributed by atoms with E-state index >= 15 is 0 Å². The predicted octanol–water partition coefficient (Wildman–Crippen LogP) is 4.46. The van der Waals surface area contributed by atoms with Gasteiger partial charge in [-0.25, -0.2) is 9.59 Å². The van der Waals surface area contributed by atoms with Gasteiger partial charge in [-0.1, -0.05) is 60.1 Å². The molecule has 2 aromatic rings. The van der Waals surface area contributed by atoms with Gasteiger partial charge < -0.3 is 24.3 Å². The molecule has 9 heteroatoms. The maximum atomic E-state index is 13.2. The maximum absolute atomic E-state index is 13.2. The Morgan fingerprint density at radius 1 is 0.949 bits per heavy atom. The lowest BCUT2D eigenvalue weighted by Crippen LogP contribution is -2.35. The van der Waals surface area contributed by atoms with Gasteiger partial charge in [-0.15, -0.1) is 0 Å². The lowest BCUT2D eigenvalue weighted by Gasteiger charge is -2.31. The minimum absolute atomic E-state index is 0.0954. The molecule has 0 spiro atoms. The Hall–Kier alpha value is -3.17. The molecule has 0 saturated carbocycles. The molecule has 8 nitrogen and oxygen atoms in total. The molecule has 1 heterocycles. The average Bonchev–Trinajstić information content (AvgIpc) is 2.92. The number of hydrogen-bond donors (Lipinski definition) is 1. The number of rotatable bonds is 14. The molecule has 0 saturated heterocycles. The van der Waals surface area contributed by atoms with Crippen molar-refractivity contribution in [3.63, 3.8) is 0 Å². The van der Waals surface area contributed by atoms with Crippen molar-refractivity contribution in [3.8, 4) is 0 Å². The normalized spacial score (nSPS) is 15.4. The smallest absolute Gasteiger partial charge is 0.336 e. The van der Waals surface area contributed by atoms with E-state index in [4.69, 9.17) is 30.5 Å². The van der Waals surface area contributed by atoms with Gasteiger partial charge >= 0.3 is 11.9 Å². The fraction of sp³-hybridized carbons (Fsp3) is 0.400. The van der Waals surface area contributed by atoms with E-state index in [9.17, 15) is 9.59 Å². The maximum Gasteiger partial charge on any atom is 0.336 e. The number of methoxy groups -OCH3 is 1. The summed E-state index contributed by atoms with van der Waals surface area (Å²) < 4.78 is 22.1. The molecule has 0 aromatic heterocycles. The SMILES string of the molecule is CCOC(=O)C1=C(COCCOCCN(C)Cc2ccccc2)NC(C)=C(C(=O)OC)C1c1ccccc1Cl. The summed E-state index contributed by atoms with van der Waals surface area (Å²) in [5.74, 6) is -1.89. The van der Waals surface area contributed by atoms with Gasteiger partial charge in [0.25, 0.3) is 0 Å². The van der Waals surface area contributed by atoms with Crippen molar-refractivity contribution in [2.45, 2.75) is 26.3 Å². The molecule has 1 unspecified atom stereocenters. The number of carbonyl (C=O) groups is 2. The summed E-state index contributed by atoms with van der Waals surface area (Å²) >= 11 is 6.53. The molecule has 0 fully saturated rings. The van der Waals surface area contributed by atoms with Crippen molar-refractivity contribution in [1.82, 2.24) is 10.2 Å². The summed E-state index contributed by atoms with van der Waals surface area (Å²) in [5.41, 5.74) is 3.47. The van der Waals surface area contributed by atoms with Crippen LogP contribution in [0.15, 0.2) is 77.1 Å². The number of esters is 2. The Bertz CT molecular complexity index is 1180. The Balaban J connectivity index is 1.66. The van der Waals surface area contributed by atoms with Crippen LogP contribution < -0.4 is 5.32 Å². The van der Waals surface area contributed by atoms with Crippen LogP contribution in [0.3, 0.4) is 0 Å². The zero-order valence-corrected chi connectivity index (χ0v) is 23.8. The average molecular weight is 557 g/mol. The van der Waals surface area contributed by atoms with E-state index in [0.717, 1.165) is 13.1 Å². The molecular weight excluding hydrogens is 520 g/mol. The summed E-state index contributed by atoms with van der Waals surface area (Å²) in [7, 11) is 3.36. The first-order chi connectivity index (χ1) is 18.9. The zero-order valence-electron chi connectivity index (χ0n) is 23.0. The molecule has 2 aromatic carbocycles. The van der Waals surface area contributed by atoms with Crippen LogP contribution in [0.4, 0.5) is 0 Å². The van der Waals surface area contributed by atoms with Gasteiger partial charge in [0, 0.05) is 23.8 Å². The molecule has 1 atom stereocenters. The number of nitrogens with one attached hydrogen (secondary N) is 1. The van der Waals surface area contributed by atoms with Gasteiger partial charge in [-0.3, -0.25) is 4.90 Å². The number of carbonyl (C=O) groups excluding carboxylic acids is 2. The standard InChI is InChI=1S/C30H37ClN2O6/c1-5-39-30(35)28-25(20-38-18-17-37-16-15-33(3)19-22-11-7-6-8-12-22)32-21(2)26(29(34)36-4)27(28)23-13-9-10-14-24(23)31/h6-14,27,32H,5,15-20H2,1-4H3. The second-order valence-corrected chi connectivity index (χ2v) is 9.52. The van der Waals surface area contributed by atoms with E-state index in [2.05, 4.69) is 29.4 Å². The molecule has 0 amide bonds. The van der Waals surface area contributed by atoms with Crippen LogP contribution in [0.25, 0.3) is 0 Å². The van der Waals surface area contributed by atoms with Gasteiger partial charge in [-0.05, 0) is 38.1 Å². The third-order valence-corrected chi connectivity index (χ3v) is 6.64. The first-order valence-corrected chi connectivity index (χ1v) is 13.3. The van der Waals surface area contributed by atoms with Crippen LogP contribution in [-0.4, -0.2) is 70.6 Å². The second-order valence-electron chi connectivity index (χ2n) is 9.11. The highest BCUT2D eigenvalue weighted by Crippen LogP contribution is 2.41. The number of hydrogen-bond acceptors (Lipinski definition) is 8. The van der Waals surface area contributed by atoms with Crippen LogP contribution in [0.1, 0.15) is 30.9 Å². The predicted molar refractivity (Wildman–Crippen MR) is 150 cm³/mol. The molecule has 1 aliphatic rings. The van der Waals surface area contributed by atoms with Crippen molar-refractivity contribution < 1.29 is 28.5 Å². The van der Waals surface area contributed by atoms with Gasteiger partial charge in [0.1, 0.15) is 0 Å². The lowest BCUT2D eigenvalue weighted by molar-refractivity contribution is -0.139. The van der Waals surface area contributed by atoms with E-state index in [1.54, 1.807) is 38.1 Å². The highest BCUT2D eigenvalue weighted by molar-refractivity contribution is 6.31. The number of allylic oxidation sites excluding steroid dienone is 1. The number of dihydropyridines is 1. The van der Waals surface area contributed by atoms with Crippen molar-refractivity contribution in [2.24, 2.45) is 0 Å². The molecule has 210 valence electrons. The fourth-order valence-corrected chi connectivity index (χ4v) is 4.69. The molecule has 1 N–H and O–H groups in total. The fourth-order valence-electron chi connectivity index (χ4n) is 4.45. The number of benzene rings is 2. The Kier molecular flexibility index (Phi) is 12.0. The van der Waals surface area contributed by atoms with Crippen LogP contribution in [0, 0.1) is 0 Å². The number of likely N-dealkylation sites (N-methyl/N-ethyl adjacent to an activating group) is 1. The highest BCUT2D eigenvalue weighted by Gasteiger charge is 2.39. The largest absolute Gasteiger partial charge is 0.466 e. The first kappa shape index (κ1) is 30.4. The van der Waals surface area contributed by atoms with Crippen molar-refractivity contribution in [2.75, 3.05) is 53.7 Å². The van der Waals surface area contributed by atoms with Gasteiger partial charge in [0.05, 0.1) is 62.9 Å². The van der Waals surface area contributed by atoms with Crippen LogP contribution in [0.5, 0.6) is 0 Å². The molecule has 3 rings (SSSR count). The molecule has 0 aliphatic carbocycles. The Morgan fingerprint density at radius 2 is 1.64 bits per heavy atom. The summed E-state index contributed by atoms with van der Waals surface area (Å²) in [6.45, 7) is 6.69. The summed E-state index contributed by atoms with van der Waals surface area (Å²) in [5, 5.41) is 3.59. The van der Waals surface area contributed by atoms with E-state index in [1.165, 1.54) is 12.7 Å². The minimum Gasteiger partial charge on any atom is -0.466 e. The Morgan fingerprint density at radius 3 is 2.33 bits per heavy atom. The van der Waals surface area contributed by atoms with E-state index < -0.39 is 17.9 Å². The second kappa shape index (κ2) is 15.4. The number of nitrogens with zero attached hydrogens (tertiary/aromatic N) is 1. The van der Waals surface area contributed by atoms with Crippen molar-refractivity contribution >= 4 is 23.5 Å². The lowest BCUT2D eigenvalue weighted by atomic mass is 9.80. The van der Waals surface area contributed by atoms with Crippen LogP contribution >= 0.6 is 11.6 Å². The Labute approximate surface area is 235 Å². The van der Waals surface area contributed by atoms with Crippen LogP contribution in [-0.2, 0) is 35.1 Å². The van der Waals surface area contributed by atoms with Gasteiger partial charge in [-0.2, -0.15) is 0 Å². The van der Waals surface area contributed by atoms with E-state index in [-0.39, 0.29) is 18.8 Å². The van der Waals surface area contributed by atoms with Crippen molar-refractivity contribution in [3.05, 3.63) is 93.3 Å². The first-order valence-electron chi connectivity index (χ1n) is 13.0. The third kappa shape index (κ3) is 8.41. The monoisotopic (exact) mass is 556 g/mol. The van der Waals surface area contributed by atoms with Gasteiger partial charge in [0.15, 0.2) is 0 Å². The highest BCUT2D eigenvalue weighted by atomic mass is 35.5. The summed E-state index contributed by atoms with van der Waals surface area (Å²) in [6.07, 6.45) is 0. The molecule has 39 heavy (non-hydrogen) atoms. The van der Waals surface area contributed by atoms with Crippen molar-refractivity contribution in [1.29, 1.82) is 0 Å². The van der Waals surface area contributed by atoms with Gasteiger partial charge in [0.2, 0.25) is 0 Å². The number of ether oxygens (including phenoxy) is 4. The number of halogens is 1. The molecule has 0 bridgehead atoms. The van der Waals surface area contributed by atoms with E-state index in [1.807, 2.05) is 18.2 Å². The quantitative estimate of drug-likeness (QED) is 0.270. The molecular formula is C30H37ClN2O6. The summed E-state index contributed by atoms with van der Waals surface area (Å²) in [6, 6.07) is 17.4. The molecule has 0 radical (unpaired) electrons. The third-order valence-electron chi connectivity index (χ3n) is 6.29. The molecule has 1 aliphatic heterocycles. The topological polar surface area (TPSA) is 86.3 Å². The van der Waals surface area contributed by atoms with E-state index in [0.29, 0.717) is 47.4 Å². The minimum atomic E-state index is -0.776. The zero-order chi connectivity index (χ0) is 28.2. The van der Waals surface area contributed by atoms with Crippen LogP contribution in [0.2, 0.25) is 5.02 Å².